The van der Waals surface area contributed by atoms with E-state index in [0.29, 0.717) is 12.7 Å². The lowest BCUT2D eigenvalue weighted by Crippen LogP contribution is -2.35. The van der Waals surface area contributed by atoms with Gasteiger partial charge in [-0.2, -0.15) is 0 Å². The van der Waals surface area contributed by atoms with Crippen LogP contribution < -0.4 is 5.73 Å². The highest BCUT2D eigenvalue weighted by Gasteiger charge is 2.24. The van der Waals surface area contributed by atoms with Crippen LogP contribution in [0.3, 0.4) is 0 Å². The fraction of sp³-hybridized carbons (Fsp3) is 1.00. The first kappa shape index (κ1) is 9.96. The molecule has 1 aliphatic rings. The predicted molar refractivity (Wildman–Crippen MR) is 48.0 cm³/mol. The maximum absolute atomic E-state index is 5.87. The van der Waals surface area contributed by atoms with Crippen LogP contribution in [0.25, 0.3) is 0 Å². The first-order chi connectivity index (χ1) is 5.74. The smallest absolute Gasteiger partial charge is 0.104 e. The molecule has 0 radical (unpaired) electrons. The molecule has 0 aromatic heterocycles. The van der Waals surface area contributed by atoms with Crippen LogP contribution in [0, 0.1) is 0 Å². The topological polar surface area (TPSA) is 47.8 Å². The fourth-order valence-corrected chi connectivity index (χ4v) is 1.12. The van der Waals surface area contributed by atoms with Gasteiger partial charge in [0.05, 0.1) is 19.3 Å². The Morgan fingerprint density at radius 1 is 1.67 bits per heavy atom. The van der Waals surface area contributed by atoms with Gasteiger partial charge in [-0.3, -0.25) is 0 Å². The molecule has 0 aromatic rings. The lowest BCUT2D eigenvalue weighted by Gasteiger charge is -2.19. The van der Waals surface area contributed by atoms with Crippen molar-refractivity contribution in [2.24, 2.45) is 5.73 Å². The number of hydrogen-bond donors (Lipinski definition) is 1. The zero-order valence-corrected chi connectivity index (χ0v) is 7.95. The Balaban J connectivity index is 2.03. The molecule has 3 nitrogen and oxygen atoms in total. The Labute approximate surface area is 74.2 Å². The Hall–Kier alpha value is -0.120. The normalized spacial score (nSPS) is 26.8. The van der Waals surface area contributed by atoms with Gasteiger partial charge in [0.1, 0.15) is 6.10 Å². The molecule has 12 heavy (non-hydrogen) atoms. The van der Waals surface area contributed by atoms with E-state index >= 15 is 0 Å². The van der Waals surface area contributed by atoms with E-state index in [1.807, 2.05) is 6.92 Å². The van der Waals surface area contributed by atoms with Gasteiger partial charge in [0.15, 0.2) is 0 Å². The van der Waals surface area contributed by atoms with Crippen molar-refractivity contribution >= 4 is 0 Å². The Kier molecular flexibility index (Phi) is 3.98. The molecule has 1 fully saturated rings. The summed E-state index contributed by atoms with van der Waals surface area (Å²) in [4.78, 5) is 0. The zero-order valence-electron chi connectivity index (χ0n) is 7.95. The highest BCUT2D eigenvalue weighted by Crippen LogP contribution is 2.11. The molecule has 1 aliphatic heterocycles. The first-order valence-corrected chi connectivity index (χ1v) is 4.72. The lowest BCUT2D eigenvalue weighted by atomic mass is 10.1. The number of hydrogen-bond acceptors (Lipinski definition) is 3. The van der Waals surface area contributed by atoms with Crippen LogP contribution in [-0.4, -0.2) is 31.5 Å². The Morgan fingerprint density at radius 3 is 2.83 bits per heavy atom. The van der Waals surface area contributed by atoms with Gasteiger partial charge >= 0.3 is 0 Å². The summed E-state index contributed by atoms with van der Waals surface area (Å²) in [7, 11) is 0. The molecule has 3 heteroatoms. The molecule has 0 saturated carbocycles. The van der Waals surface area contributed by atoms with E-state index < -0.39 is 0 Å². The van der Waals surface area contributed by atoms with E-state index in [1.165, 1.54) is 0 Å². The van der Waals surface area contributed by atoms with Crippen molar-refractivity contribution in [3.63, 3.8) is 0 Å². The molecule has 0 aliphatic carbocycles. The molecule has 3 unspecified atom stereocenters. The van der Waals surface area contributed by atoms with Crippen LogP contribution in [0.2, 0.25) is 0 Å². The summed E-state index contributed by atoms with van der Waals surface area (Å²) >= 11 is 0. The highest BCUT2D eigenvalue weighted by atomic mass is 16.6. The monoisotopic (exact) mass is 173 g/mol. The van der Waals surface area contributed by atoms with E-state index in [4.69, 9.17) is 15.2 Å². The van der Waals surface area contributed by atoms with Crippen LogP contribution in [0.5, 0.6) is 0 Å². The van der Waals surface area contributed by atoms with Gasteiger partial charge in [-0.15, -0.1) is 0 Å². The van der Waals surface area contributed by atoms with Gasteiger partial charge in [-0.05, 0) is 13.3 Å². The van der Waals surface area contributed by atoms with Gasteiger partial charge in [0.2, 0.25) is 0 Å². The van der Waals surface area contributed by atoms with Crippen molar-refractivity contribution in [2.75, 3.05) is 13.2 Å². The second-order valence-corrected chi connectivity index (χ2v) is 3.45. The minimum atomic E-state index is 0.161. The predicted octanol–water partition coefficient (Wildman–Crippen LogP) is 0.918. The number of epoxide rings is 1. The molecule has 1 rings (SSSR count). The van der Waals surface area contributed by atoms with E-state index in [-0.39, 0.29) is 12.1 Å². The van der Waals surface area contributed by atoms with E-state index in [9.17, 15) is 0 Å². The SMILES string of the molecule is CCCC(N)C(C)OCC1CO1. The van der Waals surface area contributed by atoms with E-state index in [0.717, 1.165) is 19.4 Å². The first-order valence-electron chi connectivity index (χ1n) is 4.72. The summed E-state index contributed by atoms with van der Waals surface area (Å²) in [5, 5.41) is 0. The van der Waals surface area contributed by atoms with Gasteiger partial charge in [0.25, 0.3) is 0 Å². The average molecular weight is 173 g/mol. The molecule has 0 aromatic carbocycles. The molecule has 3 atom stereocenters. The van der Waals surface area contributed by atoms with E-state index in [1.54, 1.807) is 0 Å². The van der Waals surface area contributed by atoms with Crippen molar-refractivity contribution < 1.29 is 9.47 Å². The van der Waals surface area contributed by atoms with Crippen LogP contribution >= 0.6 is 0 Å². The summed E-state index contributed by atoms with van der Waals surface area (Å²) in [6.07, 6.45) is 2.66. The molecule has 1 saturated heterocycles. The second-order valence-electron chi connectivity index (χ2n) is 3.45. The summed E-state index contributed by atoms with van der Waals surface area (Å²) in [5.74, 6) is 0. The number of rotatable bonds is 6. The van der Waals surface area contributed by atoms with Crippen LogP contribution in [0.4, 0.5) is 0 Å². The van der Waals surface area contributed by atoms with Crippen molar-refractivity contribution in [1.82, 2.24) is 0 Å². The average Bonchev–Trinajstić information content (AvgIpc) is 2.83. The van der Waals surface area contributed by atoms with Crippen molar-refractivity contribution in [3.05, 3.63) is 0 Å². The Morgan fingerprint density at radius 2 is 2.33 bits per heavy atom. The van der Waals surface area contributed by atoms with Gasteiger partial charge in [-0.1, -0.05) is 13.3 Å². The maximum Gasteiger partial charge on any atom is 0.104 e. The Bertz CT molecular complexity index is 126. The second kappa shape index (κ2) is 4.80. The number of ether oxygens (including phenoxy) is 2. The van der Waals surface area contributed by atoms with Crippen LogP contribution in [0.1, 0.15) is 26.7 Å². The van der Waals surface area contributed by atoms with Gasteiger partial charge in [0, 0.05) is 6.04 Å². The summed E-state index contributed by atoms with van der Waals surface area (Å²) < 4.78 is 10.6. The molecule has 1 heterocycles. The third-order valence-corrected chi connectivity index (χ3v) is 2.17. The third kappa shape index (κ3) is 3.52. The van der Waals surface area contributed by atoms with Crippen molar-refractivity contribution in [3.8, 4) is 0 Å². The summed E-state index contributed by atoms with van der Waals surface area (Å²) in [6, 6.07) is 0.175. The number of nitrogens with two attached hydrogens (primary N) is 1. The van der Waals surface area contributed by atoms with E-state index in [2.05, 4.69) is 6.92 Å². The van der Waals surface area contributed by atoms with Crippen molar-refractivity contribution in [1.29, 1.82) is 0 Å². The molecule has 0 spiro atoms. The summed E-state index contributed by atoms with van der Waals surface area (Å²) in [6.45, 7) is 5.73. The molecular formula is C9H19NO2. The summed E-state index contributed by atoms with van der Waals surface area (Å²) in [5.41, 5.74) is 5.87. The minimum Gasteiger partial charge on any atom is -0.374 e. The molecule has 0 bridgehead atoms. The molecule has 72 valence electrons. The minimum absolute atomic E-state index is 0.161. The van der Waals surface area contributed by atoms with Crippen LogP contribution in [0.15, 0.2) is 0 Å². The molecular weight excluding hydrogens is 154 g/mol. The standard InChI is InChI=1S/C9H19NO2/c1-3-4-9(10)7(2)11-5-8-6-12-8/h7-9H,3-6,10H2,1-2H3. The largest absolute Gasteiger partial charge is 0.374 e. The molecule has 2 N–H and O–H groups in total. The molecule has 0 amide bonds. The van der Waals surface area contributed by atoms with Gasteiger partial charge in [-0.25, -0.2) is 0 Å². The van der Waals surface area contributed by atoms with Crippen LogP contribution in [-0.2, 0) is 9.47 Å². The van der Waals surface area contributed by atoms with Crippen molar-refractivity contribution in [2.45, 2.75) is 44.9 Å². The maximum atomic E-state index is 5.87. The highest BCUT2D eigenvalue weighted by molar-refractivity contribution is 4.72. The lowest BCUT2D eigenvalue weighted by molar-refractivity contribution is 0.0364. The quantitative estimate of drug-likeness (QED) is 0.607. The third-order valence-electron chi connectivity index (χ3n) is 2.17. The zero-order chi connectivity index (χ0) is 8.97. The van der Waals surface area contributed by atoms with Gasteiger partial charge < -0.3 is 15.2 Å². The fourth-order valence-electron chi connectivity index (χ4n) is 1.12.